The van der Waals surface area contributed by atoms with Crippen molar-refractivity contribution < 1.29 is 9.18 Å². The summed E-state index contributed by atoms with van der Waals surface area (Å²) in [5.41, 5.74) is 5.93. The highest BCUT2D eigenvalue weighted by Crippen LogP contribution is 2.36. The van der Waals surface area contributed by atoms with Crippen molar-refractivity contribution in [3.05, 3.63) is 34.1 Å². The highest BCUT2D eigenvalue weighted by Gasteiger charge is 2.36. The molecule has 1 aliphatic rings. The molecule has 0 heterocycles. The van der Waals surface area contributed by atoms with Crippen molar-refractivity contribution in [2.75, 3.05) is 6.54 Å². The maximum Gasteiger partial charge on any atom is 0.144 e. The fourth-order valence-corrected chi connectivity index (χ4v) is 3.45. The van der Waals surface area contributed by atoms with E-state index in [1.54, 1.807) is 12.1 Å². The van der Waals surface area contributed by atoms with Crippen LogP contribution in [0.5, 0.6) is 0 Å². The molecule has 0 radical (unpaired) electrons. The highest BCUT2D eigenvalue weighted by atomic mass is 79.9. The molecular weight excluding hydrogens is 321 g/mol. The molecule has 1 aromatic rings. The topological polar surface area (TPSA) is 43.1 Å². The summed E-state index contributed by atoms with van der Waals surface area (Å²) in [6.45, 7) is 0.376. The van der Waals surface area contributed by atoms with E-state index in [0.29, 0.717) is 12.1 Å². The van der Waals surface area contributed by atoms with Crippen LogP contribution in [-0.2, 0) is 11.2 Å². The number of hydrogen-bond acceptors (Lipinski definition) is 2. The Balaban J connectivity index is 2.18. The molecule has 2 rings (SSSR count). The summed E-state index contributed by atoms with van der Waals surface area (Å²) >= 11 is 3.32. The van der Waals surface area contributed by atoms with Crippen molar-refractivity contribution in [3.8, 4) is 0 Å². The van der Waals surface area contributed by atoms with Crippen molar-refractivity contribution in [1.29, 1.82) is 0 Å². The number of ketones is 1. The van der Waals surface area contributed by atoms with Gasteiger partial charge < -0.3 is 5.73 Å². The van der Waals surface area contributed by atoms with E-state index >= 15 is 0 Å². The van der Waals surface area contributed by atoms with Crippen LogP contribution in [0.3, 0.4) is 0 Å². The number of nitrogens with two attached hydrogens (primary N) is 1. The molecular formula is C16H21BrFNO. The van der Waals surface area contributed by atoms with E-state index in [-0.39, 0.29) is 18.0 Å². The predicted molar refractivity (Wildman–Crippen MR) is 82.0 cm³/mol. The minimum atomic E-state index is -0.439. The van der Waals surface area contributed by atoms with E-state index < -0.39 is 5.41 Å². The smallest absolute Gasteiger partial charge is 0.144 e. The molecule has 0 unspecified atom stereocenters. The number of Topliss-reactive ketones (excluding diaryl/α,β-unsaturated/α-hetero) is 1. The van der Waals surface area contributed by atoms with E-state index in [9.17, 15) is 9.18 Å². The first kappa shape index (κ1) is 15.6. The third kappa shape index (κ3) is 3.47. The molecule has 110 valence electrons. The van der Waals surface area contributed by atoms with Crippen LogP contribution in [0, 0.1) is 11.2 Å². The average molecular weight is 342 g/mol. The Bertz CT molecular complexity index is 481. The van der Waals surface area contributed by atoms with Crippen LogP contribution in [-0.4, -0.2) is 12.3 Å². The summed E-state index contributed by atoms with van der Waals surface area (Å²) in [5.74, 6) is -0.221. The molecule has 4 heteroatoms. The summed E-state index contributed by atoms with van der Waals surface area (Å²) in [6, 6.07) is 4.73. The molecule has 0 spiro atoms. The maximum atomic E-state index is 13.8. The second kappa shape index (κ2) is 6.81. The van der Waals surface area contributed by atoms with Gasteiger partial charge in [0.1, 0.15) is 11.6 Å². The number of carbonyl (C=O) groups is 1. The van der Waals surface area contributed by atoms with Crippen LogP contribution in [0.1, 0.15) is 44.1 Å². The Kier molecular flexibility index (Phi) is 5.33. The maximum absolute atomic E-state index is 13.8. The predicted octanol–water partition coefficient (Wildman–Crippen LogP) is 4.00. The number of rotatable bonds is 4. The minimum absolute atomic E-state index is 0.0962. The SMILES string of the molecule is NCC1(C(=O)Cc2cc(Br)ccc2F)CCCCCC1. The van der Waals surface area contributed by atoms with Crippen molar-refractivity contribution >= 4 is 21.7 Å². The lowest BCUT2D eigenvalue weighted by Gasteiger charge is -2.29. The first-order valence-electron chi connectivity index (χ1n) is 7.25. The van der Waals surface area contributed by atoms with Crippen molar-refractivity contribution in [2.24, 2.45) is 11.1 Å². The molecule has 0 amide bonds. The molecule has 0 bridgehead atoms. The molecule has 0 atom stereocenters. The molecule has 1 saturated carbocycles. The molecule has 0 aliphatic heterocycles. The Morgan fingerprint density at radius 1 is 1.25 bits per heavy atom. The lowest BCUT2D eigenvalue weighted by Crippen LogP contribution is -2.39. The van der Waals surface area contributed by atoms with Gasteiger partial charge in [0.15, 0.2) is 0 Å². The van der Waals surface area contributed by atoms with Crippen LogP contribution >= 0.6 is 15.9 Å². The van der Waals surface area contributed by atoms with Gasteiger partial charge in [-0.15, -0.1) is 0 Å². The van der Waals surface area contributed by atoms with Crippen molar-refractivity contribution in [3.63, 3.8) is 0 Å². The molecule has 20 heavy (non-hydrogen) atoms. The summed E-state index contributed by atoms with van der Waals surface area (Å²) in [6.07, 6.45) is 6.26. The van der Waals surface area contributed by atoms with Gasteiger partial charge in [-0.25, -0.2) is 4.39 Å². The zero-order chi connectivity index (χ0) is 14.6. The van der Waals surface area contributed by atoms with Crippen molar-refractivity contribution in [1.82, 2.24) is 0 Å². The fourth-order valence-electron chi connectivity index (χ4n) is 3.04. The monoisotopic (exact) mass is 341 g/mol. The van der Waals surface area contributed by atoms with Crippen LogP contribution in [0.4, 0.5) is 4.39 Å². The quantitative estimate of drug-likeness (QED) is 0.841. The standard InChI is InChI=1S/C16H21BrFNO/c17-13-5-6-14(18)12(9-13)10-15(20)16(11-19)7-3-1-2-4-8-16/h5-6,9H,1-4,7-8,10-11,19H2. The first-order chi connectivity index (χ1) is 9.57. The Labute approximate surface area is 128 Å². The molecule has 1 fully saturated rings. The lowest BCUT2D eigenvalue weighted by atomic mass is 9.74. The average Bonchev–Trinajstić information content (AvgIpc) is 2.69. The molecule has 2 nitrogen and oxygen atoms in total. The van der Waals surface area contributed by atoms with Gasteiger partial charge in [-0.2, -0.15) is 0 Å². The van der Waals surface area contributed by atoms with Gasteiger partial charge in [0, 0.05) is 22.9 Å². The Morgan fingerprint density at radius 3 is 2.50 bits per heavy atom. The van der Waals surface area contributed by atoms with Gasteiger partial charge in [0.25, 0.3) is 0 Å². The minimum Gasteiger partial charge on any atom is -0.329 e. The normalized spacial score (nSPS) is 18.6. The van der Waals surface area contributed by atoms with Crippen LogP contribution in [0.25, 0.3) is 0 Å². The van der Waals surface area contributed by atoms with E-state index in [2.05, 4.69) is 15.9 Å². The summed E-state index contributed by atoms with van der Waals surface area (Å²) in [7, 11) is 0. The van der Waals surface area contributed by atoms with E-state index in [1.807, 2.05) is 0 Å². The molecule has 0 saturated heterocycles. The third-order valence-corrected chi connectivity index (χ3v) is 4.89. The Morgan fingerprint density at radius 2 is 1.90 bits per heavy atom. The molecule has 1 aromatic carbocycles. The summed E-state index contributed by atoms with van der Waals surface area (Å²) in [5, 5.41) is 0. The number of hydrogen-bond donors (Lipinski definition) is 1. The second-order valence-corrected chi connectivity index (χ2v) is 6.65. The van der Waals surface area contributed by atoms with Gasteiger partial charge >= 0.3 is 0 Å². The zero-order valence-electron chi connectivity index (χ0n) is 11.6. The summed E-state index contributed by atoms with van der Waals surface area (Å²) < 4.78 is 14.6. The van der Waals surface area contributed by atoms with E-state index in [4.69, 9.17) is 5.73 Å². The van der Waals surface area contributed by atoms with E-state index in [0.717, 1.165) is 30.2 Å². The van der Waals surface area contributed by atoms with Gasteiger partial charge in [-0.3, -0.25) is 4.79 Å². The third-order valence-electron chi connectivity index (χ3n) is 4.40. The fraction of sp³-hybridized carbons (Fsp3) is 0.562. The summed E-state index contributed by atoms with van der Waals surface area (Å²) in [4.78, 5) is 12.7. The largest absolute Gasteiger partial charge is 0.329 e. The van der Waals surface area contributed by atoms with Crippen molar-refractivity contribution in [2.45, 2.75) is 44.9 Å². The highest BCUT2D eigenvalue weighted by molar-refractivity contribution is 9.10. The lowest BCUT2D eigenvalue weighted by molar-refractivity contribution is -0.128. The molecule has 2 N–H and O–H groups in total. The molecule has 1 aliphatic carbocycles. The number of halogens is 2. The van der Waals surface area contributed by atoms with E-state index in [1.165, 1.54) is 18.9 Å². The van der Waals surface area contributed by atoms with Gasteiger partial charge in [-0.05, 0) is 36.6 Å². The van der Waals surface area contributed by atoms with Gasteiger partial charge in [-0.1, -0.05) is 41.6 Å². The zero-order valence-corrected chi connectivity index (χ0v) is 13.2. The van der Waals surface area contributed by atoms with Gasteiger partial charge in [0.2, 0.25) is 0 Å². The van der Waals surface area contributed by atoms with Crippen LogP contribution < -0.4 is 5.73 Å². The van der Waals surface area contributed by atoms with Gasteiger partial charge in [0.05, 0.1) is 0 Å². The number of benzene rings is 1. The first-order valence-corrected chi connectivity index (χ1v) is 8.04. The van der Waals surface area contributed by atoms with Crippen LogP contribution in [0.15, 0.2) is 22.7 Å². The second-order valence-electron chi connectivity index (χ2n) is 5.73. The molecule has 0 aromatic heterocycles. The van der Waals surface area contributed by atoms with Crippen LogP contribution in [0.2, 0.25) is 0 Å². The Hall–Kier alpha value is -0.740. The number of carbonyl (C=O) groups excluding carboxylic acids is 1.